The van der Waals surface area contributed by atoms with Crippen molar-refractivity contribution in [2.24, 2.45) is 5.92 Å². The number of hydrogen-bond acceptors (Lipinski definition) is 4. The standard InChI is InChI=1S/C24H21FN4O3/c25-18-6-4-16(5-7-18)22(30)27-20-8-9-21-17-11-15(13-29(21)24(20)32)12-28(14-17)23(31)19-3-1-2-10-26-19/h1-10,15,17H,11-14H2,(H,27,30)/t15-,17-/m1/s1. The van der Waals surface area contributed by atoms with Gasteiger partial charge in [-0.25, -0.2) is 4.39 Å². The van der Waals surface area contributed by atoms with Crippen molar-refractivity contribution < 1.29 is 14.0 Å². The number of piperidine rings is 1. The predicted molar refractivity (Wildman–Crippen MR) is 116 cm³/mol. The van der Waals surface area contributed by atoms with Gasteiger partial charge in [-0.15, -0.1) is 0 Å². The van der Waals surface area contributed by atoms with Crippen molar-refractivity contribution in [1.82, 2.24) is 14.5 Å². The molecule has 0 radical (unpaired) electrons. The van der Waals surface area contributed by atoms with Gasteiger partial charge >= 0.3 is 0 Å². The molecule has 2 aliphatic rings. The zero-order chi connectivity index (χ0) is 22.2. The van der Waals surface area contributed by atoms with E-state index in [9.17, 15) is 18.8 Å². The van der Waals surface area contributed by atoms with E-state index in [2.05, 4.69) is 10.3 Å². The van der Waals surface area contributed by atoms with E-state index in [1.807, 2.05) is 11.0 Å². The molecule has 2 bridgehead atoms. The maximum atomic E-state index is 13.1. The van der Waals surface area contributed by atoms with Crippen LogP contribution in [0.5, 0.6) is 0 Å². The number of nitrogens with one attached hydrogen (secondary N) is 1. The third-order valence-corrected chi connectivity index (χ3v) is 6.13. The van der Waals surface area contributed by atoms with Crippen LogP contribution in [0.4, 0.5) is 10.1 Å². The molecule has 162 valence electrons. The van der Waals surface area contributed by atoms with Crippen LogP contribution in [0, 0.1) is 11.7 Å². The van der Waals surface area contributed by atoms with Gasteiger partial charge in [0.2, 0.25) is 0 Å². The highest BCUT2D eigenvalue weighted by Crippen LogP contribution is 2.35. The summed E-state index contributed by atoms with van der Waals surface area (Å²) in [5, 5.41) is 2.64. The van der Waals surface area contributed by atoms with Gasteiger partial charge < -0.3 is 14.8 Å². The fourth-order valence-corrected chi connectivity index (χ4v) is 4.65. The molecule has 8 heteroatoms. The molecule has 1 aromatic carbocycles. The highest BCUT2D eigenvalue weighted by Gasteiger charge is 2.37. The summed E-state index contributed by atoms with van der Waals surface area (Å²) < 4.78 is 14.8. The van der Waals surface area contributed by atoms with Gasteiger partial charge in [-0.05, 0) is 60.9 Å². The van der Waals surface area contributed by atoms with Gasteiger partial charge in [-0.3, -0.25) is 19.4 Å². The summed E-state index contributed by atoms with van der Waals surface area (Å²) in [7, 11) is 0. The molecular formula is C24H21FN4O3. The number of anilines is 1. The Morgan fingerprint density at radius 1 is 1.00 bits per heavy atom. The number of halogens is 1. The Balaban J connectivity index is 1.37. The third kappa shape index (κ3) is 3.68. The lowest BCUT2D eigenvalue weighted by Crippen LogP contribution is -2.49. The SMILES string of the molecule is O=C(Nc1ccc2n(c1=O)C[C@@H]1C[C@@H]2CN(C(=O)c2ccccn2)C1)c1ccc(F)cc1. The predicted octanol–water partition coefficient (Wildman–Crippen LogP) is 2.89. The Kier molecular flexibility index (Phi) is 5.05. The molecule has 0 unspecified atom stereocenters. The Morgan fingerprint density at radius 3 is 2.56 bits per heavy atom. The lowest BCUT2D eigenvalue weighted by molar-refractivity contribution is 0.0588. The number of carbonyl (C=O) groups excluding carboxylic acids is 2. The second-order valence-electron chi connectivity index (χ2n) is 8.27. The summed E-state index contributed by atoms with van der Waals surface area (Å²) in [6, 6.07) is 13.9. The Hall–Kier alpha value is -3.81. The van der Waals surface area contributed by atoms with E-state index >= 15 is 0 Å². The normalized spacial score (nSPS) is 19.2. The molecule has 0 spiro atoms. The first-order valence-corrected chi connectivity index (χ1v) is 10.5. The van der Waals surface area contributed by atoms with Crippen molar-refractivity contribution in [3.05, 3.63) is 93.9 Å². The average molecular weight is 432 g/mol. The van der Waals surface area contributed by atoms with E-state index in [4.69, 9.17) is 0 Å². The summed E-state index contributed by atoms with van der Waals surface area (Å²) in [5.74, 6) is -0.804. The molecule has 1 fully saturated rings. The minimum absolute atomic E-state index is 0.0460. The number of pyridine rings is 2. The monoisotopic (exact) mass is 432 g/mol. The van der Waals surface area contributed by atoms with Crippen molar-refractivity contribution >= 4 is 17.5 Å². The molecule has 5 rings (SSSR count). The van der Waals surface area contributed by atoms with E-state index < -0.39 is 11.7 Å². The molecular weight excluding hydrogens is 411 g/mol. The molecule has 0 aliphatic carbocycles. The first kappa shape index (κ1) is 20.1. The van der Waals surface area contributed by atoms with Crippen LogP contribution in [0.1, 0.15) is 38.9 Å². The lowest BCUT2D eigenvalue weighted by Gasteiger charge is -2.42. The van der Waals surface area contributed by atoms with Gasteiger partial charge in [0, 0.05) is 43.0 Å². The van der Waals surface area contributed by atoms with E-state index in [1.165, 1.54) is 24.3 Å². The van der Waals surface area contributed by atoms with Crippen LogP contribution in [-0.2, 0) is 6.54 Å². The van der Waals surface area contributed by atoms with Gasteiger partial charge in [0.05, 0.1) is 0 Å². The number of nitrogens with zero attached hydrogens (tertiary/aromatic N) is 3. The molecule has 2 aliphatic heterocycles. The van der Waals surface area contributed by atoms with Gasteiger partial charge in [-0.2, -0.15) is 0 Å². The smallest absolute Gasteiger partial charge is 0.274 e. The van der Waals surface area contributed by atoms with Gasteiger partial charge in [0.15, 0.2) is 0 Å². The summed E-state index contributed by atoms with van der Waals surface area (Å²) in [6.07, 6.45) is 2.52. The minimum Gasteiger partial charge on any atom is -0.336 e. The largest absolute Gasteiger partial charge is 0.336 e. The van der Waals surface area contributed by atoms with Crippen LogP contribution in [0.15, 0.2) is 65.6 Å². The zero-order valence-corrected chi connectivity index (χ0v) is 17.2. The van der Waals surface area contributed by atoms with Crippen LogP contribution >= 0.6 is 0 Å². The van der Waals surface area contributed by atoms with Crippen molar-refractivity contribution in [1.29, 1.82) is 0 Å². The van der Waals surface area contributed by atoms with Crippen molar-refractivity contribution in [2.45, 2.75) is 18.9 Å². The number of amides is 2. The number of aromatic nitrogens is 2. The van der Waals surface area contributed by atoms with Crippen LogP contribution < -0.4 is 10.9 Å². The quantitative estimate of drug-likeness (QED) is 0.690. The van der Waals surface area contributed by atoms with E-state index in [0.717, 1.165) is 12.1 Å². The minimum atomic E-state index is -0.467. The fraction of sp³-hybridized carbons (Fsp3) is 0.250. The maximum absolute atomic E-state index is 13.1. The zero-order valence-electron chi connectivity index (χ0n) is 17.2. The van der Waals surface area contributed by atoms with E-state index in [-0.39, 0.29) is 34.6 Å². The number of rotatable bonds is 3. The van der Waals surface area contributed by atoms with Crippen molar-refractivity contribution in [2.75, 3.05) is 18.4 Å². The van der Waals surface area contributed by atoms with Crippen LogP contribution in [0.3, 0.4) is 0 Å². The molecule has 7 nitrogen and oxygen atoms in total. The Bertz CT molecular complexity index is 1240. The topological polar surface area (TPSA) is 84.3 Å². The molecule has 4 heterocycles. The summed E-state index contributed by atoms with van der Waals surface area (Å²) in [4.78, 5) is 44.4. The second kappa shape index (κ2) is 8.03. The highest BCUT2D eigenvalue weighted by atomic mass is 19.1. The van der Waals surface area contributed by atoms with Crippen LogP contribution in [0.2, 0.25) is 0 Å². The molecule has 32 heavy (non-hydrogen) atoms. The lowest BCUT2D eigenvalue weighted by atomic mass is 9.83. The van der Waals surface area contributed by atoms with Gasteiger partial charge in [0.1, 0.15) is 17.2 Å². The van der Waals surface area contributed by atoms with E-state index in [1.54, 1.807) is 35.0 Å². The highest BCUT2D eigenvalue weighted by molar-refractivity contribution is 6.04. The number of carbonyl (C=O) groups is 2. The molecule has 0 saturated carbocycles. The van der Waals surface area contributed by atoms with Crippen LogP contribution in [0.25, 0.3) is 0 Å². The average Bonchev–Trinajstić information content (AvgIpc) is 2.81. The summed E-state index contributed by atoms with van der Waals surface area (Å²) >= 11 is 0. The van der Waals surface area contributed by atoms with E-state index in [0.29, 0.717) is 25.3 Å². The molecule has 2 atom stereocenters. The molecule has 1 N–H and O–H groups in total. The van der Waals surface area contributed by atoms with Gasteiger partial charge in [0.25, 0.3) is 17.4 Å². The summed E-state index contributed by atoms with van der Waals surface area (Å²) in [6.45, 7) is 1.56. The third-order valence-electron chi connectivity index (χ3n) is 6.13. The number of benzene rings is 1. The van der Waals surface area contributed by atoms with Gasteiger partial charge in [-0.1, -0.05) is 6.07 Å². The van der Waals surface area contributed by atoms with Crippen molar-refractivity contribution in [3.63, 3.8) is 0 Å². The number of likely N-dealkylation sites (tertiary alicyclic amines) is 1. The number of hydrogen-bond donors (Lipinski definition) is 1. The molecule has 3 aromatic rings. The molecule has 1 saturated heterocycles. The fourth-order valence-electron chi connectivity index (χ4n) is 4.65. The number of fused-ring (bicyclic) bond motifs is 4. The first-order valence-electron chi connectivity index (χ1n) is 10.5. The van der Waals surface area contributed by atoms with Crippen LogP contribution in [-0.4, -0.2) is 39.4 Å². The molecule has 2 amide bonds. The second-order valence-corrected chi connectivity index (χ2v) is 8.27. The molecule has 2 aromatic heterocycles. The Morgan fingerprint density at radius 2 is 1.81 bits per heavy atom. The first-order chi connectivity index (χ1) is 15.5. The maximum Gasteiger partial charge on any atom is 0.274 e. The summed E-state index contributed by atoms with van der Waals surface area (Å²) in [5.41, 5.74) is 1.48. The van der Waals surface area contributed by atoms with Crippen molar-refractivity contribution in [3.8, 4) is 0 Å². The Labute approximate surface area is 183 Å².